The molecule has 2 N–H and O–H groups in total. The van der Waals surface area contributed by atoms with E-state index < -0.39 is 0 Å². The predicted molar refractivity (Wildman–Crippen MR) is 55.2 cm³/mol. The number of aliphatic hydroxyl groups excluding tert-OH is 1. The van der Waals surface area contributed by atoms with Crippen LogP contribution in [0.5, 0.6) is 0 Å². The molecule has 6 nitrogen and oxygen atoms in total. The Kier molecular flexibility index (Phi) is 4.65. The zero-order valence-electron chi connectivity index (χ0n) is 8.55. The second kappa shape index (κ2) is 6.05. The monoisotopic (exact) mass is 210 g/mol. The number of hydrogen-bond donors (Lipinski definition) is 2. The molecule has 0 saturated carbocycles. The molecule has 1 rings (SSSR count). The van der Waals surface area contributed by atoms with Crippen LogP contribution in [0, 0.1) is 0 Å². The molecule has 0 aliphatic heterocycles. The van der Waals surface area contributed by atoms with Gasteiger partial charge in [-0.05, 0) is 13.1 Å². The highest BCUT2D eigenvalue weighted by atomic mass is 16.3. The molecule has 0 bridgehead atoms. The number of anilines is 1. The second-order valence-corrected chi connectivity index (χ2v) is 3.08. The van der Waals surface area contributed by atoms with E-state index in [0.717, 1.165) is 0 Å². The van der Waals surface area contributed by atoms with Crippen LogP contribution in [-0.2, 0) is 4.79 Å². The van der Waals surface area contributed by atoms with Crippen molar-refractivity contribution in [2.75, 3.05) is 32.1 Å². The van der Waals surface area contributed by atoms with Crippen LogP contribution in [0.3, 0.4) is 0 Å². The highest BCUT2D eigenvalue weighted by molar-refractivity contribution is 5.90. The van der Waals surface area contributed by atoms with Crippen molar-refractivity contribution in [1.82, 2.24) is 14.9 Å². The van der Waals surface area contributed by atoms with Gasteiger partial charge in [0.1, 0.15) is 0 Å². The molecule has 82 valence electrons. The van der Waals surface area contributed by atoms with E-state index >= 15 is 0 Å². The van der Waals surface area contributed by atoms with Gasteiger partial charge in [0.25, 0.3) is 0 Å². The highest BCUT2D eigenvalue weighted by Gasteiger charge is 2.06. The number of nitrogens with zero attached hydrogens (tertiary/aromatic N) is 3. The molecule has 1 aromatic heterocycles. The average molecular weight is 210 g/mol. The average Bonchev–Trinajstić information content (AvgIpc) is 2.19. The van der Waals surface area contributed by atoms with E-state index in [-0.39, 0.29) is 19.1 Å². The van der Waals surface area contributed by atoms with Gasteiger partial charge >= 0.3 is 0 Å². The van der Waals surface area contributed by atoms with Crippen molar-refractivity contribution < 1.29 is 9.90 Å². The Morgan fingerprint density at radius 3 is 2.80 bits per heavy atom. The topological polar surface area (TPSA) is 78.4 Å². The molecule has 0 saturated heterocycles. The summed E-state index contributed by atoms with van der Waals surface area (Å²) in [5.74, 6) is 0.0945. The molecule has 0 spiro atoms. The van der Waals surface area contributed by atoms with Crippen LogP contribution in [0.15, 0.2) is 18.5 Å². The zero-order valence-corrected chi connectivity index (χ0v) is 8.55. The first-order valence-electron chi connectivity index (χ1n) is 4.58. The molecule has 0 atom stereocenters. The highest BCUT2D eigenvalue weighted by Crippen LogP contribution is 1.94. The Labute approximate surface area is 88.0 Å². The Morgan fingerprint density at radius 2 is 2.20 bits per heavy atom. The van der Waals surface area contributed by atoms with E-state index in [1.807, 2.05) is 0 Å². The number of likely N-dealkylation sites (N-methyl/N-ethyl adjacent to an activating group) is 1. The minimum Gasteiger partial charge on any atom is -0.395 e. The van der Waals surface area contributed by atoms with E-state index in [1.165, 1.54) is 0 Å². The number of rotatable bonds is 5. The Hall–Kier alpha value is -1.53. The lowest BCUT2D eigenvalue weighted by Gasteiger charge is -2.13. The van der Waals surface area contributed by atoms with Crippen molar-refractivity contribution in [2.45, 2.75) is 0 Å². The van der Waals surface area contributed by atoms with Crippen molar-refractivity contribution in [3.8, 4) is 0 Å². The van der Waals surface area contributed by atoms with Gasteiger partial charge in [0, 0.05) is 18.9 Å². The van der Waals surface area contributed by atoms with Crippen molar-refractivity contribution in [3.05, 3.63) is 18.5 Å². The lowest BCUT2D eigenvalue weighted by Crippen LogP contribution is -2.32. The summed E-state index contributed by atoms with van der Waals surface area (Å²) in [5, 5.41) is 11.2. The standard InChI is InChI=1S/C9H14N4O2/c1-13(5-6-14)7-8(15)12-9-10-3-2-4-11-9/h2-4,14H,5-7H2,1H3,(H,10,11,12,15). The summed E-state index contributed by atoms with van der Waals surface area (Å²) < 4.78 is 0. The number of aliphatic hydroxyl groups is 1. The van der Waals surface area contributed by atoms with Gasteiger partial charge in [0.2, 0.25) is 11.9 Å². The van der Waals surface area contributed by atoms with Gasteiger partial charge in [-0.3, -0.25) is 15.0 Å². The molecule has 0 aliphatic carbocycles. The Morgan fingerprint density at radius 1 is 1.53 bits per heavy atom. The molecular weight excluding hydrogens is 196 g/mol. The second-order valence-electron chi connectivity index (χ2n) is 3.08. The van der Waals surface area contributed by atoms with Crippen LogP contribution < -0.4 is 5.32 Å². The summed E-state index contributed by atoms with van der Waals surface area (Å²) >= 11 is 0. The zero-order chi connectivity index (χ0) is 11.1. The summed E-state index contributed by atoms with van der Waals surface area (Å²) in [7, 11) is 1.75. The number of amides is 1. The molecule has 6 heteroatoms. The number of hydrogen-bond acceptors (Lipinski definition) is 5. The minimum atomic E-state index is -0.197. The van der Waals surface area contributed by atoms with Crippen LogP contribution in [0.1, 0.15) is 0 Å². The third kappa shape index (κ3) is 4.48. The third-order valence-corrected chi connectivity index (χ3v) is 1.71. The van der Waals surface area contributed by atoms with Crippen LogP contribution in [0.2, 0.25) is 0 Å². The maximum Gasteiger partial charge on any atom is 0.240 e. The molecule has 0 radical (unpaired) electrons. The van der Waals surface area contributed by atoms with Gasteiger partial charge in [0.05, 0.1) is 13.2 Å². The Bertz CT molecular complexity index is 304. The smallest absolute Gasteiger partial charge is 0.240 e. The first kappa shape index (κ1) is 11.5. The first-order valence-corrected chi connectivity index (χ1v) is 4.58. The molecule has 1 amide bonds. The fourth-order valence-electron chi connectivity index (χ4n) is 1.02. The quantitative estimate of drug-likeness (QED) is 0.674. The number of aromatic nitrogens is 2. The van der Waals surface area contributed by atoms with Crippen molar-refractivity contribution in [1.29, 1.82) is 0 Å². The SMILES string of the molecule is CN(CCO)CC(=O)Nc1ncccn1. The third-order valence-electron chi connectivity index (χ3n) is 1.71. The maximum atomic E-state index is 11.4. The number of carbonyl (C=O) groups excluding carboxylic acids is 1. The summed E-state index contributed by atoms with van der Waals surface area (Å²) in [6.07, 6.45) is 3.11. The van der Waals surface area contributed by atoms with Crippen molar-refractivity contribution in [3.63, 3.8) is 0 Å². The van der Waals surface area contributed by atoms with Gasteiger partial charge in [-0.1, -0.05) is 0 Å². The molecule has 0 unspecified atom stereocenters. The van der Waals surface area contributed by atoms with Crippen LogP contribution in [0.25, 0.3) is 0 Å². The first-order chi connectivity index (χ1) is 7.22. The lowest BCUT2D eigenvalue weighted by atomic mass is 10.5. The Balaban J connectivity index is 2.36. The van der Waals surface area contributed by atoms with Crippen LogP contribution in [0.4, 0.5) is 5.95 Å². The fourth-order valence-corrected chi connectivity index (χ4v) is 1.02. The van der Waals surface area contributed by atoms with Gasteiger partial charge in [-0.25, -0.2) is 9.97 Å². The number of carbonyl (C=O) groups is 1. The molecule has 1 heterocycles. The predicted octanol–water partition coefficient (Wildman–Crippen LogP) is -0.661. The molecular formula is C9H14N4O2. The molecule has 0 aliphatic rings. The van der Waals surface area contributed by atoms with E-state index in [4.69, 9.17) is 5.11 Å². The molecule has 15 heavy (non-hydrogen) atoms. The van der Waals surface area contributed by atoms with Crippen molar-refractivity contribution in [2.24, 2.45) is 0 Å². The largest absolute Gasteiger partial charge is 0.395 e. The summed E-state index contributed by atoms with van der Waals surface area (Å²) in [4.78, 5) is 20.8. The van der Waals surface area contributed by atoms with Gasteiger partial charge in [0.15, 0.2) is 0 Å². The summed E-state index contributed by atoms with van der Waals surface area (Å²) in [6.45, 7) is 0.702. The van der Waals surface area contributed by atoms with Crippen molar-refractivity contribution >= 4 is 11.9 Å². The lowest BCUT2D eigenvalue weighted by molar-refractivity contribution is -0.117. The fraction of sp³-hybridized carbons (Fsp3) is 0.444. The normalized spacial score (nSPS) is 10.3. The summed E-state index contributed by atoms with van der Waals surface area (Å²) in [5.41, 5.74) is 0. The van der Waals surface area contributed by atoms with Crippen LogP contribution >= 0.6 is 0 Å². The summed E-state index contributed by atoms with van der Waals surface area (Å²) in [6, 6.07) is 1.67. The van der Waals surface area contributed by atoms with Gasteiger partial charge in [-0.15, -0.1) is 0 Å². The molecule has 1 aromatic rings. The molecule has 0 fully saturated rings. The van der Waals surface area contributed by atoms with E-state index in [0.29, 0.717) is 12.5 Å². The maximum absolute atomic E-state index is 11.4. The number of nitrogens with one attached hydrogen (secondary N) is 1. The minimum absolute atomic E-state index is 0.0334. The van der Waals surface area contributed by atoms with E-state index in [1.54, 1.807) is 30.4 Å². The van der Waals surface area contributed by atoms with Crippen LogP contribution in [-0.4, -0.2) is 52.6 Å². The van der Waals surface area contributed by atoms with E-state index in [2.05, 4.69) is 15.3 Å². The van der Waals surface area contributed by atoms with E-state index in [9.17, 15) is 4.79 Å². The van der Waals surface area contributed by atoms with Gasteiger partial charge < -0.3 is 5.11 Å². The molecule has 0 aromatic carbocycles. The van der Waals surface area contributed by atoms with Gasteiger partial charge in [-0.2, -0.15) is 0 Å².